The maximum atomic E-state index is 13.1. The predicted molar refractivity (Wildman–Crippen MR) is 231 cm³/mol. The molecule has 0 spiro atoms. The fourth-order valence-electron chi connectivity index (χ4n) is 9.39. The molecule has 9 rings (SSSR count). The van der Waals surface area contributed by atoms with Crippen LogP contribution < -0.4 is 30.7 Å². The molecule has 59 heavy (non-hydrogen) atoms. The number of fused-ring (bicyclic) bond motifs is 1. The largest absolute Gasteiger partial charge is 0.369 e. The number of nitrogens with one attached hydrogen (secondary N) is 3. The third-order valence-corrected chi connectivity index (χ3v) is 12.7. The molecule has 14 heteroatoms. The van der Waals surface area contributed by atoms with Crippen LogP contribution in [0.25, 0.3) is 0 Å². The summed E-state index contributed by atoms with van der Waals surface area (Å²) in [5.41, 5.74) is 7.54. The average Bonchev–Trinajstić information content (AvgIpc) is 3.93. The van der Waals surface area contributed by atoms with Crippen LogP contribution in [-0.2, 0) is 20.9 Å². The maximum absolute atomic E-state index is 13.1. The predicted octanol–water partition coefficient (Wildman–Crippen LogP) is 4.06. The Kier molecular flexibility index (Phi) is 11.0. The number of piperidine rings is 1. The van der Waals surface area contributed by atoms with E-state index in [2.05, 4.69) is 82.9 Å². The van der Waals surface area contributed by atoms with Crippen molar-refractivity contribution in [2.45, 2.75) is 63.2 Å². The first-order chi connectivity index (χ1) is 28.8. The molecule has 1 aromatic heterocycles. The van der Waals surface area contributed by atoms with E-state index >= 15 is 0 Å². The lowest BCUT2D eigenvalue weighted by molar-refractivity contribution is -0.134. The van der Waals surface area contributed by atoms with Crippen molar-refractivity contribution in [3.05, 3.63) is 102 Å². The molecule has 3 amide bonds. The summed E-state index contributed by atoms with van der Waals surface area (Å²) >= 11 is 0. The quantitative estimate of drug-likeness (QED) is 0.271. The van der Waals surface area contributed by atoms with Crippen molar-refractivity contribution in [3.8, 4) is 0 Å². The topological polar surface area (TPSA) is 132 Å². The highest BCUT2D eigenvalue weighted by molar-refractivity contribution is 6.01. The SMILES string of the molecule is CN(C)C(=O)C1=CC2=CNC(Nc3ccc(N4CCN(c5ccc(CN6CCN(c7cccc(C8CCC(=O)NC8=O)c7)CC6)cc5)CC4)cn3)=NC2N1C1CCCC1. The summed E-state index contributed by atoms with van der Waals surface area (Å²) in [4.78, 5) is 60.6. The number of piperazine rings is 2. The van der Waals surface area contributed by atoms with Gasteiger partial charge in [0.2, 0.25) is 17.8 Å². The monoisotopic (exact) mass is 797 g/mol. The number of guanidine groups is 1. The van der Waals surface area contributed by atoms with Crippen molar-refractivity contribution in [3.63, 3.8) is 0 Å². The Balaban J connectivity index is 0.736. The van der Waals surface area contributed by atoms with Crippen LogP contribution in [0.5, 0.6) is 0 Å². The Labute approximate surface area is 346 Å². The Morgan fingerprint density at radius 3 is 2.22 bits per heavy atom. The number of anilines is 4. The van der Waals surface area contributed by atoms with Gasteiger partial charge in [-0.3, -0.25) is 24.6 Å². The summed E-state index contributed by atoms with van der Waals surface area (Å²) in [7, 11) is 3.61. The highest BCUT2D eigenvalue weighted by Gasteiger charge is 2.41. The third-order valence-electron chi connectivity index (χ3n) is 12.7. The summed E-state index contributed by atoms with van der Waals surface area (Å²) in [6.45, 7) is 8.44. The molecule has 5 aliphatic heterocycles. The van der Waals surface area contributed by atoms with E-state index in [1.807, 2.05) is 36.7 Å². The number of imide groups is 1. The number of amides is 3. The number of aromatic nitrogens is 1. The number of likely N-dealkylation sites (N-methyl/N-ethyl adjacent to an activating group) is 1. The van der Waals surface area contributed by atoms with E-state index in [1.165, 1.54) is 24.1 Å². The molecule has 308 valence electrons. The van der Waals surface area contributed by atoms with Gasteiger partial charge in [-0.1, -0.05) is 37.1 Å². The lowest BCUT2D eigenvalue weighted by atomic mass is 9.90. The van der Waals surface area contributed by atoms with Crippen LogP contribution in [0.15, 0.2) is 95.4 Å². The fourth-order valence-corrected chi connectivity index (χ4v) is 9.39. The van der Waals surface area contributed by atoms with Crippen molar-refractivity contribution in [2.75, 3.05) is 86.5 Å². The van der Waals surface area contributed by atoms with Crippen molar-refractivity contribution >= 4 is 46.6 Å². The van der Waals surface area contributed by atoms with Crippen molar-refractivity contribution in [1.29, 1.82) is 0 Å². The highest BCUT2D eigenvalue weighted by Crippen LogP contribution is 2.37. The molecule has 2 atom stereocenters. The number of aliphatic imine (C=N–C) groups is 1. The minimum absolute atomic E-state index is 0.0148. The van der Waals surface area contributed by atoms with Crippen LogP contribution in [0.3, 0.4) is 0 Å². The van der Waals surface area contributed by atoms with Crippen LogP contribution in [0.4, 0.5) is 22.9 Å². The highest BCUT2D eigenvalue weighted by atomic mass is 16.2. The third kappa shape index (κ3) is 8.36. The zero-order chi connectivity index (χ0) is 40.5. The molecular formula is C45H55N11O3. The van der Waals surface area contributed by atoms with E-state index in [0.29, 0.717) is 24.8 Å². The van der Waals surface area contributed by atoms with Gasteiger partial charge in [0.25, 0.3) is 5.91 Å². The second kappa shape index (κ2) is 16.8. The first-order valence-electron chi connectivity index (χ1n) is 21.2. The number of hydrogen-bond acceptors (Lipinski definition) is 12. The number of nitrogens with zero attached hydrogens (tertiary/aromatic N) is 8. The summed E-state index contributed by atoms with van der Waals surface area (Å²) in [5, 5.41) is 9.15. The molecule has 14 nitrogen and oxygen atoms in total. The molecule has 1 aliphatic carbocycles. The average molecular weight is 798 g/mol. The summed E-state index contributed by atoms with van der Waals surface area (Å²) in [6, 6.07) is 21.8. The number of carbonyl (C=O) groups is 3. The molecule has 6 heterocycles. The molecule has 0 radical (unpaired) electrons. The number of carbonyl (C=O) groups excluding carboxylic acids is 3. The van der Waals surface area contributed by atoms with Crippen LogP contribution in [0.2, 0.25) is 0 Å². The maximum Gasteiger partial charge on any atom is 0.269 e. The zero-order valence-electron chi connectivity index (χ0n) is 34.1. The van der Waals surface area contributed by atoms with Crippen LogP contribution >= 0.6 is 0 Å². The molecule has 3 aromatic rings. The summed E-state index contributed by atoms with van der Waals surface area (Å²) in [6.07, 6.45) is 11.1. The van der Waals surface area contributed by atoms with Crippen molar-refractivity contribution in [2.24, 2.45) is 4.99 Å². The van der Waals surface area contributed by atoms with E-state index in [0.717, 1.165) is 106 Å². The number of benzene rings is 2. The molecule has 0 bridgehead atoms. The van der Waals surface area contributed by atoms with Gasteiger partial charge >= 0.3 is 0 Å². The Morgan fingerprint density at radius 1 is 0.831 bits per heavy atom. The standard InChI is InChI=1S/C45H55N11O3/c1-51(2)44(59)39-27-33-28-47-45(50-42(33)56(39)35-7-3-4-8-35)48-40-16-14-37(29-46-40)55-24-22-53(23-25-55)34-12-10-31(11-13-34)30-52-18-20-54(21-19-52)36-9-5-6-32(26-36)38-15-17-41(57)49-43(38)58/h5-6,9-14,16,26-29,35,38,42H,3-4,7-8,15,17-25,30H2,1-2H3,(H,49,57,58)(H2,46,47,48,50). The molecule has 6 aliphatic rings. The van der Waals surface area contributed by atoms with Crippen molar-refractivity contribution < 1.29 is 14.4 Å². The first-order valence-corrected chi connectivity index (χ1v) is 21.2. The van der Waals surface area contributed by atoms with Gasteiger partial charge in [-0.25, -0.2) is 9.98 Å². The molecule has 4 fully saturated rings. The second-order valence-corrected chi connectivity index (χ2v) is 16.7. The van der Waals surface area contributed by atoms with Gasteiger partial charge in [0.1, 0.15) is 11.5 Å². The normalized spacial score (nSPS) is 22.6. The molecule has 3 N–H and O–H groups in total. The van der Waals surface area contributed by atoms with Gasteiger partial charge in [-0.15, -0.1) is 0 Å². The molecule has 1 saturated carbocycles. The lowest BCUT2D eigenvalue weighted by Gasteiger charge is -2.37. The Hall–Kier alpha value is -5.89. The van der Waals surface area contributed by atoms with Crippen molar-refractivity contribution in [1.82, 2.24) is 30.3 Å². The summed E-state index contributed by atoms with van der Waals surface area (Å²) < 4.78 is 0. The molecule has 2 unspecified atom stereocenters. The van der Waals surface area contributed by atoms with Gasteiger partial charge < -0.3 is 35.1 Å². The van der Waals surface area contributed by atoms with Gasteiger partial charge in [-0.2, -0.15) is 0 Å². The van der Waals surface area contributed by atoms with E-state index in [4.69, 9.17) is 9.98 Å². The number of rotatable bonds is 9. The van der Waals surface area contributed by atoms with Gasteiger partial charge in [0.15, 0.2) is 6.17 Å². The van der Waals surface area contributed by atoms with E-state index in [9.17, 15) is 14.4 Å². The molecular weight excluding hydrogens is 743 g/mol. The first kappa shape index (κ1) is 38.6. The second-order valence-electron chi connectivity index (χ2n) is 16.7. The fraction of sp³-hybridized carbons (Fsp3) is 0.444. The molecule has 2 aromatic carbocycles. The number of hydrogen-bond donors (Lipinski definition) is 3. The van der Waals surface area contributed by atoms with Crippen LogP contribution in [-0.4, -0.2) is 122 Å². The van der Waals surface area contributed by atoms with Crippen LogP contribution in [0, 0.1) is 0 Å². The minimum atomic E-state index is -0.260. The van der Waals surface area contributed by atoms with Crippen LogP contribution in [0.1, 0.15) is 55.6 Å². The molecule has 3 saturated heterocycles. The van der Waals surface area contributed by atoms with E-state index in [1.54, 1.807) is 19.0 Å². The van der Waals surface area contributed by atoms with E-state index in [-0.39, 0.29) is 29.8 Å². The number of pyridine rings is 1. The van der Waals surface area contributed by atoms with Gasteiger partial charge in [0.05, 0.1) is 17.8 Å². The zero-order valence-corrected chi connectivity index (χ0v) is 34.1. The van der Waals surface area contributed by atoms with E-state index < -0.39 is 0 Å². The van der Waals surface area contributed by atoms with Gasteiger partial charge in [-0.05, 0) is 72.9 Å². The minimum Gasteiger partial charge on any atom is -0.369 e. The smallest absolute Gasteiger partial charge is 0.269 e. The summed E-state index contributed by atoms with van der Waals surface area (Å²) in [5.74, 6) is 0.738. The Bertz CT molecular complexity index is 2130. The van der Waals surface area contributed by atoms with Gasteiger partial charge in [0, 0.05) is 109 Å². The lowest BCUT2D eigenvalue weighted by Crippen LogP contribution is -2.46. The Morgan fingerprint density at radius 2 is 1.53 bits per heavy atom.